The highest BCUT2D eigenvalue weighted by Gasteiger charge is 1.94. The first-order valence-corrected chi connectivity index (χ1v) is 4.68. The molecule has 1 rings (SSSR count). The molecule has 5 nitrogen and oxygen atoms in total. The lowest BCUT2D eigenvalue weighted by Crippen LogP contribution is -2.29. The second kappa shape index (κ2) is 6.00. The Bertz CT molecular complexity index is 321. The van der Waals surface area contributed by atoms with E-state index in [4.69, 9.17) is 11.5 Å². The van der Waals surface area contributed by atoms with E-state index in [1.54, 1.807) is 0 Å². The average Bonchev–Trinajstić information content (AvgIpc) is 2.22. The van der Waals surface area contributed by atoms with Crippen LogP contribution in [0.25, 0.3) is 0 Å². The van der Waals surface area contributed by atoms with Crippen LogP contribution >= 0.6 is 0 Å². The number of nitrogens with one attached hydrogen (secondary N) is 1. The zero-order valence-corrected chi connectivity index (χ0v) is 8.73. The van der Waals surface area contributed by atoms with Crippen LogP contribution in [0.5, 0.6) is 0 Å². The first-order chi connectivity index (χ1) is 7.26. The second-order valence-electron chi connectivity index (χ2n) is 3.01. The van der Waals surface area contributed by atoms with Crippen LogP contribution in [0.3, 0.4) is 0 Å². The molecule has 0 saturated carbocycles. The van der Waals surface area contributed by atoms with Crippen molar-refractivity contribution in [3.8, 4) is 0 Å². The summed E-state index contributed by atoms with van der Waals surface area (Å²) in [6.45, 7) is 0.649. The lowest BCUT2D eigenvalue weighted by atomic mass is 10.1. The quantitative estimate of drug-likeness (QED) is 0.377. The predicted octanol–water partition coefficient (Wildman–Crippen LogP) is 0.285. The minimum Gasteiger partial charge on any atom is -0.368 e. The van der Waals surface area contributed by atoms with E-state index in [1.165, 1.54) is 12.7 Å². The fourth-order valence-corrected chi connectivity index (χ4v) is 1.17. The van der Waals surface area contributed by atoms with Crippen LogP contribution in [0, 0.1) is 0 Å². The SMILES string of the molecule is CONC(N)=Nc1ccc(CCN)cc1. The fraction of sp³-hybridized carbons (Fsp3) is 0.300. The van der Waals surface area contributed by atoms with Gasteiger partial charge in [-0.3, -0.25) is 4.84 Å². The Balaban J connectivity index is 2.67. The van der Waals surface area contributed by atoms with Gasteiger partial charge < -0.3 is 11.5 Å². The molecule has 0 saturated heterocycles. The van der Waals surface area contributed by atoms with Gasteiger partial charge in [0.15, 0.2) is 0 Å². The molecule has 0 spiro atoms. The van der Waals surface area contributed by atoms with Crippen molar-refractivity contribution >= 4 is 11.6 Å². The maximum absolute atomic E-state index is 5.51. The lowest BCUT2D eigenvalue weighted by molar-refractivity contribution is 0.143. The topological polar surface area (TPSA) is 85.7 Å². The molecule has 5 N–H and O–H groups in total. The van der Waals surface area contributed by atoms with Gasteiger partial charge in [-0.15, -0.1) is 0 Å². The summed E-state index contributed by atoms with van der Waals surface area (Å²) in [5, 5.41) is 0. The zero-order valence-electron chi connectivity index (χ0n) is 8.73. The molecular weight excluding hydrogens is 192 g/mol. The molecule has 15 heavy (non-hydrogen) atoms. The van der Waals surface area contributed by atoms with Crippen LogP contribution in [0.2, 0.25) is 0 Å². The maximum atomic E-state index is 5.51. The van der Waals surface area contributed by atoms with Gasteiger partial charge in [0.25, 0.3) is 0 Å². The van der Waals surface area contributed by atoms with Crippen molar-refractivity contribution in [3.05, 3.63) is 29.8 Å². The molecule has 0 aliphatic rings. The molecule has 5 heteroatoms. The fourth-order valence-electron chi connectivity index (χ4n) is 1.17. The van der Waals surface area contributed by atoms with Gasteiger partial charge in [0, 0.05) is 0 Å². The third kappa shape index (κ3) is 3.97. The molecule has 0 amide bonds. The van der Waals surface area contributed by atoms with E-state index in [9.17, 15) is 0 Å². The van der Waals surface area contributed by atoms with Gasteiger partial charge in [-0.25, -0.2) is 10.5 Å². The van der Waals surface area contributed by atoms with Gasteiger partial charge in [-0.2, -0.15) is 0 Å². The number of hydrogen-bond donors (Lipinski definition) is 3. The van der Waals surface area contributed by atoms with Gasteiger partial charge in [0.2, 0.25) is 5.96 Å². The normalized spacial score (nSPS) is 11.5. The number of guanidine groups is 1. The highest BCUT2D eigenvalue weighted by atomic mass is 16.6. The number of nitrogens with zero attached hydrogens (tertiary/aromatic N) is 1. The Labute approximate surface area is 89.1 Å². The molecular formula is C10H16N4O. The Morgan fingerprint density at radius 2 is 2.07 bits per heavy atom. The van der Waals surface area contributed by atoms with Gasteiger partial charge in [0.1, 0.15) is 0 Å². The minimum absolute atomic E-state index is 0.226. The van der Waals surface area contributed by atoms with Crippen LogP contribution in [-0.2, 0) is 11.3 Å². The van der Waals surface area contributed by atoms with E-state index in [2.05, 4.69) is 15.3 Å². The molecule has 0 aromatic heterocycles. The van der Waals surface area contributed by atoms with Crippen molar-refractivity contribution in [2.24, 2.45) is 16.5 Å². The highest BCUT2D eigenvalue weighted by molar-refractivity contribution is 5.79. The summed E-state index contributed by atoms with van der Waals surface area (Å²) in [7, 11) is 1.48. The first-order valence-electron chi connectivity index (χ1n) is 4.68. The number of nitrogens with two attached hydrogens (primary N) is 2. The number of aliphatic imine (C=N–C) groups is 1. The Morgan fingerprint density at radius 1 is 1.40 bits per heavy atom. The van der Waals surface area contributed by atoms with Crippen LogP contribution in [0.4, 0.5) is 5.69 Å². The highest BCUT2D eigenvalue weighted by Crippen LogP contribution is 2.12. The standard InChI is InChI=1S/C10H16N4O/c1-15-14-10(12)13-9-4-2-8(3-5-9)6-7-11/h2-5H,6-7,11H2,1H3,(H3,12,13,14). The summed E-state index contributed by atoms with van der Waals surface area (Å²) >= 11 is 0. The van der Waals surface area contributed by atoms with Gasteiger partial charge in [0.05, 0.1) is 12.8 Å². The molecule has 0 heterocycles. The van der Waals surface area contributed by atoms with E-state index in [0.717, 1.165) is 12.1 Å². The molecule has 1 aromatic rings. The Kier molecular flexibility index (Phi) is 4.59. The molecule has 0 atom stereocenters. The first kappa shape index (κ1) is 11.5. The molecule has 0 aliphatic heterocycles. The summed E-state index contributed by atoms with van der Waals surface area (Å²) in [5.74, 6) is 0.226. The lowest BCUT2D eigenvalue weighted by Gasteiger charge is -2.02. The van der Waals surface area contributed by atoms with Crippen LogP contribution < -0.4 is 16.9 Å². The van der Waals surface area contributed by atoms with E-state index in [0.29, 0.717) is 6.54 Å². The largest absolute Gasteiger partial charge is 0.368 e. The van der Waals surface area contributed by atoms with Crippen LogP contribution in [-0.4, -0.2) is 19.6 Å². The maximum Gasteiger partial charge on any atom is 0.218 e. The van der Waals surface area contributed by atoms with Crippen molar-refractivity contribution < 1.29 is 4.84 Å². The summed E-state index contributed by atoms with van der Waals surface area (Å²) in [5.41, 5.74) is 15.4. The molecule has 0 radical (unpaired) electrons. The predicted molar refractivity (Wildman–Crippen MR) is 60.6 cm³/mol. The third-order valence-electron chi connectivity index (χ3n) is 1.83. The van der Waals surface area contributed by atoms with E-state index >= 15 is 0 Å². The van der Waals surface area contributed by atoms with E-state index in [1.807, 2.05) is 24.3 Å². The number of benzene rings is 1. The number of rotatable bonds is 4. The summed E-state index contributed by atoms with van der Waals surface area (Å²) in [4.78, 5) is 8.69. The van der Waals surface area contributed by atoms with Crippen molar-refractivity contribution in [2.45, 2.75) is 6.42 Å². The number of hydrogen-bond acceptors (Lipinski definition) is 3. The molecule has 1 aromatic carbocycles. The van der Waals surface area contributed by atoms with Gasteiger partial charge in [-0.1, -0.05) is 12.1 Å². The summed E-state index contributed by atoms with van der Waals surface area (Å²) in [6.07, 6.45) is 0.871. The monoisotopic (exact) mass is 208 g/mol. The summed E-state index contributed by atoms with van der Waals surface area (Å²) < 4.78 is 0. The molecule has 0 fully saturated rings. The summed E-state index contributed by atoms with van der Waals surface area (Å²) in [6, 6.07) is 7.72. The molecule has 82 valence electrons. The van der Waals surface area contributed by atoms with Crippen molar-refractivity contribution in [2.75, 3.05) is 13.7 Å². The van der Waals surface area contributed by atoms with E-state index < -0.39 is 0 Å². The van der Waals surface area contributed by atoms with Gasteiger partial charge in [-0.05, 0) is 30.7 Å². The number of hydroxylamine groups is 1. The second-order valence-corrected chi connectivity index (χ2v) is 3.01. The average molecular weight is 208 g/mol. The molecule has 0 unspecified atom stereocenters. The van der Waals surface area contributed by atoms with Crippen LogP contribution in [0.15, 0.2) is 29.3 Å². The van der Waals surface area contributed by atoms with Crippen molar-refractivity contribution in [3.63, 3.8) is 0 Å². The van der Waals surface area contributed by atoms with Crippen LogP contribution in [0.1, 0.15) is 5.56 Å². The van der Waals surface area contributed by atoms with Gasteiger partial charge >= 0.3 is 0 Å². The Morgan fingerprint density at radius 3 is 2.60 bits per heavy atom. The van der Waals surface area contributed by atoms with Crippen molar-refractivity contribution in [1.29, 1.82) is 0 Å². The third-order valence-corrected chi connectivity index (χ3v) is 1.83. The Hall–Kier alpha value is -1.59. The molecule has 0 aliphatic carbocycles. The minimum atomic E-state index is 0.226. The van der Waals surface area contributed by atoms with Crippen molar-refractivity contribution in [1.82, 2.24) is 5.48 Å². The van der Waals surface area contributed by atoms with E-state index in [-0.39, 0.29) is 5.96 Å². The molecule has 0 bridgehead atoms. The zero-order chi connectivity index (χ0) is 11.1. The smallest absolute Gasteiger partial charge is 0.218 e.